The number of carbonyl (C=O) groups is 1. The fraction of sp³-hybridized carbons (Fsp3) is 0.300. The van der Waals surface area contributed by atoms with E-state index in [1.54, 1.807) is 11.3 Å². The lowest BCUT2D eigenvalue weighted by Gasteiger charge is -2.22. The third-order valence-corrected chi connectivity index (χ3v) is 5.92. The predicted octanol–water partition coefficient (Wildman–Crippen LogP) is 5.20. The molecule has 6 heteroatoms. The number of hydrogen-bond donors (Lipinski definition) is 1. The zero-order chi connectivity index (χ0) is 18.8. The quantitative estimate of drug-likeness (QED) is 0.654. The largest absolute Gasteiger partial charge is 0.323 e. The Morgan fingerprint density at radius 2 is 2.04 bits per heavy atom. The first kappa shape index (κ1) is 18.8. The molecule has 0 aliphatic heterocycles. The Kier molecular flexibility index (Phi) is 5.61. The summed E-state index contributed by atoms with van der Waals surface area (Å²) in [6.07, 6.45) is 0. The van der Waals surface area contributed by atoms with Crippen LogP contribution in [0.2, 0.25) is 5.02 Å². The van der Waals surface area contributed by atoms with Crippen LogP contribution in [0.15, 0.2) is 36.4 Å². The first-order valence-electron chi connectivity index (χ1n) is 8.47. The minimum Gasteiger partial charge on any atom is -0.323 e. The van der Waals surface area contributed by atoms with Crippen molar-refractivity contribution in [3.05, 3.63) is 57.6 Å². The molecule has 3 rings (SSSR count). The van der Waals surface area contributed by atoms with Crippen LogP contribution in [0.5, 0.6) is 0 Å². The summed E-state index contributed by atoms with van der Waals surface area (Å²) in [5, 5.41) is 4.51. The molecular formula is C20H22ClN3OS. The molecule has 0 saturated carbocycles. The SMILES string of the molecule is Cc1cc(C)c(NC(=O)CN(C)[C@@H](C)c2nc3ccccc3s2)c(Cl)c1. The topological polar surface area (TPSA) is 45.2 Å². The number of aromatic nitrogens is 1. The number of thiazole rings is 1. The third-order valence-electron chi connectivity index (χ3n) is 4.42. The van der Waals surface area contributed by atoms with E-state index in [1.165, 1.54) is 0 Å². The molecule has 0 fully saturated rings. The predicted molar refractivity (Wildman–Crippen MR) is 110 cm³/mol. The molecule has 0 unspecified atom stereocenters. The lowest BCUT2D eigenvalue weighted by atomic mass is 10.1. The van der Waals surface area contributed by atoms with Crippen molar-refractivity contribution in [1.29, 1.82) is 0 Å². The molecule has 2 aromatic carbocycles. The van der Waals surface area contributed by atoms with E-state index in [9.17, 15) is 4.79 Å². The molecule has 1 heterocycles. The Bertz CT molecular complexity index is 897. The first-order valence-corrected chi connectivity index (χ1v) is 9.67. The Balaban J connectivity index is 1.69. The van der Waals surface area contributed by atoms with Crippen molar-refractivity contribution in [1.82, 2.24) is 9.88 Å². The molecule has 3 aromatic rings. The number of para-hydroxylation sites is 1. The summed E-state index contributed by atoms with van der Waals surface area (Å²) in [5.74, 6) is -0.0886. The highest BCUT2D eigenvalue weighted by atomic mass is 35.5. The minimum absolute atomic E-state index is 0.0488. The number of anilines is 1. The number of nitrogens with one attached hydrogen (secondary N) is 1. The van der Waals surface area contributed by atoms with Crippen molar-refractivity contribution in [2.75, 3.05) is 18.9 Å². The van der Waals surface area contributed by atoms with Gasteiger partial charge in [-0.05, 0) is 57.1 Å². The number of nitrogens with zero attached hydrogens (tertiary/aromatic N) is 2. The van der Waals surface area contributed by atoms with Gasteiger partial charge in [-0.15, -0.1) is 11.3 Å². The highest BCUT2D eigenvalue weighted by Gasteiger charge is 2.19. The fourth-order valence-corrected chi connectivity index (χ4v) is 4.33. The number of amides is 1. The summed E-state index contributed by atoms with van der Waals surface area (Å²) < 4.78 is 1.16. The summed E-state index contributed by atoms with van der Waals surface area (Å²) in [7, 11) is 1.93. The number of hydrogen-bond acceptors (Lipinski definition) is 4. The van der Waals surface area contributed by atoms with E-state index >= 15 is 0 Å². The molecule has 1 amide bonds. The van der Waals surface area contributed by atoms with E-state index in [0.717, 1.165) is 26.4 Å². The van der Waals surface area contributed by atoms with E-state index in [4.69, 9.17) is 11.6 Å². The van der Waals surface area contributed by atoms with E-state index < -0.39 is 0 Å². The molecule has 1 N–H and O–H groups in total. The zero-order valence-electron chi connectivity index (χ0n) is 15.3. The maximum absolute atomic E-state index is 12.5. The van der Waals surface area contributed by atoms with Crippen LogP contribution in [-0.2, 0) is 4.79 Å². The van der Waals surface area contributed by atoms with Crippen LogP contribution in [0, 0.1) is 13.8 Å². The number of benzene rings is 2. The third kappa shape index (κ3) is 4.06. The lowest BCUT2D eigenvalue weighted by molar-refractivity contribution is -0.117. The number of carbonyl (C=O) groups excluding carboxylic acids is 1. The molecule has 0 aliphatic rings. The summed E-state index contributed by atoms with van der Waals surface area (Å²) in [6.45, 7) is 6.26. The van der Waals surface area contributed by atoms with Gasteiger partial charge in [0.15, 0.2) is 0 Å². The van der Waals surface area contributed by atoms with Gasteiger partial charge in [0, 0.05) is 0 Å². The average molecular weight is 388 g/mol. The molecular weight excluding hydrogens is 366 g/mol. The van der Waals surface area contributed by atoms with Gasteiger partial charge in [-0.3, -0.25) is 9.69 Å². The molecule has 4 nitrogen and oxygen atoms in total. The van der Waals surface area contributed by atoms with Gasteiger partial charge in [0.2, 0.25) is 5.91 Å². The van der Waals surface area contributed by atoms with E-state index in [-0.39, 0.29) is 18.5 Å². The molecule has 136 valence electrons. The number of rotatable bonds is 5. The smallest absolute Gasteiger partial charge is 0.238 e. The van der Waals surface area contributed by atoms with E-state index in [0.29, 0.717) is 10.7 Å². The standard InChI is InChI=1S/C20H22ClN3OS/c1-12-9-13(2)19(15(21)10-12)23-18(25)11-24(4)14(3)20-22-16-7-5-6-8-17(16)26-20/h5-10,14H,11H2,1-4H3,(H,23,25)/t14-/m0/s1. The minimum atomic E-state index is -0.0886. The van der Waals surface area contributed by atoms with Crippen LogP contribution in [-0.4, -0.2) is 29.4 Å². The molecule has 1 atom stereocenters. The van der Waals surface area contributed by atoms with E-state index in [1.807, 2.05) is 56.1 Å². The van der Waals surface area contributed by atoms with Crippen molar-refractivity contribution >= 4 is 44.7 Å². The second-order valence-electron chi connectivity index (χ2n) is 6.60. The molecule has 0 saturated heterocycles. The van der Waals surface area contributed by atoms with Crippen LogP contribution in [0.25, 0.3) is 10.2 Å². The fourth-order valence-electron chi connectivity index (χ4n) is 2.87. The van der Waals surface area contributed by atoms with Crippen molar-refractivity contribution in [3.63, 3.8) is 0 Å². The maximum Gasteiger partial charge on any atom is 0.238 e. The van der Waals surface area contributed by atoms with Crippen molar-refractivity contribution in [2.24, 2.45) is 0 Å². The highest BCUT2D eigenvalue weighted by Crippen LogP contribution is 2.29. The summed E-state index contributed by atoms with van der Waals surface area (Å²) >= 11 is 7.95. The maximum atomic E-state index is 12.5. The van der Waals surface area contributed by atoms with E-state index in [2.05, 4.69) is 23.3 Å². The van der Waals surface area contributed by atoms with Gasteiger partial charge < -0.3 is 5.32 Å². The summed E-state index contributed by atoms with van der Waals surface area (Å²) in [5.41, 5.74) is 3.72. The van der Waals surface area contributed by atoms with Crippen LogP contribution < -0.4 is 5.32 Å². The molecule has 0 spiro atoms. The Labute approximate surface area is 162 Å². The molecule has 0 radical (unpaired) electrons. The number of aryl methyl sites for hydroxylation is 2. The van der Waals surface area contributed by atoms with Crippen LogP contribution in [0.3, 0.4) is 0 Å². The monoisotopic (exact) mass is 387 g/mol. The number of fused-ring (bicyclic) bond motifs is 1. The summed E-state index contributed by atoms with van der Waals surface area (Å²) in [6, 6.07) is 12.0. The normalized spacial score (nSPS) is 12.5. The average Bonchev–Trinajstić information content (AvgIpc) is 3.01. The van der Waals surface area contributed by atoms with Crippen LogP contribution in [0.4, 0.5) is 5.69 Å². The van der Waals surface area contributed by atoms with Crippen molar-refractivity contribution < 1.29 is 4.79 Å². The van der Waals surface area contributed by atoms with Gasteiger partial charge in [-0.2, -0.15) is 0 Å². The summed E-state index contributed by atoms with van der Waals surface area (Å²) in [4.78, 5) is 19.2. The molecule has 26 heavy (non-hydrogen) atoms. The Hall–Kier alpha value is -1.95. The van der Waals surface area contributed by atoms with Gasteiger partial charge in [0.05, 0.1) is 33.5 Å². The molecule has 1 aromatic heterocycles. The number of halogens is 1. The number of likely N-dealkylation sites (N-methyl/N-ethyl adjacent to an activating group) is 1. The first-order chi connectivity index (χ1) is 12.3. The van der Waals surface area contributed by atoms with Gasteiger partial charge in [0.25, 0.3) is 0 Å². The van der Waals surface area contributed by atoms with Crippen LogP contribution >= 0.6 is 22.9 Å². The Morgan fingerprint density at radius 1 is 1.31 bits per heavy atom. The van der Waals surface area contributed by atoms with Gasteiger partial charge in [-0.1, -0.05) is 29.8 Å². The highest BCUT2D eigenvalue weighted by molar-refractivity contribution is 7.18. The lowest BCUT2D eigenvalue weighted by Crippen LogP contribution is -2.32. The van der Waals surface area contributed by atoms with Gasteiger partial charge >= 0.3 is 0 Å². The second kappa shape index (κ2) is 7.74. The van der Waals surface area contributed by atoms with Crippen molar-refractivity contribution in [3.8, 4) is 0 Å². The second-order valence-corrected chi connectivity index (χ2v) is 8.07. The molecule has 0 aliphatic carbocycles. The Morgan fingerprint density at radius 3 is 2.73 bits per heavy atom. The van der Waals surface area contributed by atoms with Gasteiger partial charge in [-0.25, -0.2) is 4.98 Å². The van der Waals surface area contributed by atoms with Crippen molar-refractivity contribution in [2.45, 2.75) is 26.8 Å². The van der Waals surface area contributed by atoms with Gasteiger partial charge in [0.1, 0.15) is 5.01 Å². The molecule has 0 bridgehead atoms. The zero-order valence-corrected chi connectivity index (χ0v) is 16.9. The van der Waals surface area contributed by atoms with Crippen LogP contribution in [0.1, 0.15) is 29.1 Å².